The number of halogens is 1. The Morgan fingerprint density at radius 2 is 1.85 bits per heavy atom. The predicted octanol–water partition coefficient (Wildman–Crippen LogP) is 4.63. The summed E-state index contributed by atoms with van der Waals surface area (Å²) in [4.78, 5) is 25.7. The Kier molecular flexibility index (Phi) is 4.49. The minimum atomic E-state index is -1.72. The van der Waals surface area contributed by atoms with E-state index in [9.17, 15) is 14.9 Å². The zero-order chi connectivity index (χ0) is 19.1. The lowest BCUT2D eigenvalue weighted by atomic mass is 9.84. The first kappa shape index (κ1) is 18.3. The van der Waals surface area contributed by atoms with Gasteiger partial charge in [0, 0.05) is 22.1 Å². The Morgan fingerprint density at radius 3 is 2.42 bits per heavy atom. The van der Waals surface area contributed by atoms with E-state index in [1.807, 2.05) is 24.3 Å². The SMILES string of the molecule is CC(C)(C)c1ccc(NC(=O)[C@@]2(C#N)Cc3ccc(Br)cc3C2=O)cc1. The van der Waals surface area contributed by atoms with Crippen molar-refractivity contribution >= 4 is 33.3 Å². The van der Waals surface area contributed by atoms with E-state index in [2.05, 4.69) is 42.0 Å². The van der Waals surface area contributed by atoms with Crippen LogP contribution in [-0.4, -0.2) is 11.7 Å². The molecule has 26 heavy (non-hydrogen) atoms. The molecule has 1 amide bonds. The van der Waals surface area contributed by atoms with E-state index >= 15 is 0 Å². The van der Waals surface area contributed by atoms with E-state index in [1.54, 1.807) is 24.3 Å². The number of rotatable bonds is 2. The van der Waals surface area contributed by atoms with Gasteiger partial charge in [-0.25, -0.2) is 0 Å². The highest BCUT2D eigenvalue weighted by Crippen LogP contribution is 2.39. The van der Waals surface area contributed by atoms with Gasteiger partial charge in [-0.05, 0) is 40.8 Å². The number of anilines is 1. The van der Waals surface area contributed by atoms with Crippen LogP contribution in [-0.2, 0) is 16.6 Å². The first-order valence-electron chi connectivity index (χ1n) is 8.34. The standard InChI is InChI=1S/C21H19BrN2O2/c1-20(2,3)14-5-8-16(9-6-14)24-19(26)21(12-23)11-13-4-7-15(22)10-17(13)18(21)25/h4-10H,11H2,1-3H3,(H,24,26)/t21-/m1/s1. The summed E-state index contributed by atoms with van der Waals surface area (Å²) in [7, 11) is 0. The quantitative estimate of drug-likeness (QED) is 0.733. The molecule has 2 aromatic carbocycles. The average molecular weight is 411 g/mol. The summed E-state index contributed by atoms with van der Waals surface area (Å²) in [6, 6.07) is 14.7. The molecule has 0 saturated heterocycles. The fourth-order valence-electron chi connectivity index (χ4n) is 3.13. The van der Waals surface area contributed by atoms with Crippen molar-refractivity contribution in [2.24, 2.45) is 5.41 Å². The van der Waals surface area contributed by atoms with Gasteiger partial charge >= 0.3 is 0 Å². The van der Waals surface area contributed by atoms with E-state index in [4.69, 9.17) is 0 Å². The van der Waals surface area contributed by atoms with Gasteiger partial charge in [0.05, 0.1) is 6.07 Å². The van der Waals surface area contributed by atoms with Crippen LogP contribution in [0.25, 0.3) is 0 Å². The number of carbonyl (C=O) groups is 2. The number of carbonyl (C=O) groups excluding carboxylic acids is 2. The summed E-state index contributed by atoms with van der Waals surface area (Å²) in [5.41, 5.74) is 1.15. The van der Waals surface area contributed by atoms with E-state index in [1.165, 1.54) is 0 Å². The lowest BCUT2D eigenvalue weighted by Gasteiger charge is -2.21. The van der Waals surface area contributed by atoms with Crippen molar-refractivity contribution in [2.75, 3.05) is 5.32 Å². The van der Waals surface area contributed by atoms with Crippen molar-refractivity contribution < 1.29 is 9.59 Å². The minimum Gasteiger partial charge on any atom is -0.324 e. The Labute approximate surface area is 161 Å². The van der Waals surface area contributed by atoms with Gasteiger partial charge < -0.3 is 5.32 Å². The Morgan fingerprint density at radius 1 is 1.19 bits per heavy atom. The molecule has 1 N–H and O–H groups in total. The van der Waals surface area contributed by atoms with Crippen LogP contribution >= 0.6 is 15.9 Å². The highest BCUT2D eigenvalue weighted by atomic mass is 79.9. The third-order valence-electron chi connectivity index (χ3n) is 4.75. The van der Waals surface area contributed by atoms with Crippen molar-refractivity contribution in [3.63, 3.8) is 0 Å². The number of ketones is 1. The zero-order valence-electron chi connectivity index (χ0n) is 14.9. The Hall–Kier alpha value is -2.45. The molecule has 0 radical (unpaired) electrons. The molecule has 0 aromatic heterocycles. The molecule has 0 bridgehead atoms. The number of benzene rings is 2. The third-order valence-corrected chi connectivity index (χ3v) is 5.24. The topological polar surface area (TPSA) is 70.0 Å². The highest BCUT2D eigenvalue weighted by Gasteiger charge is 2.52. The van der Waals surface area contributed by atoms with Crippen LogP contribution in [0.15, 0.2) is 46.9 Å². The fraction of sp³-hybridized carbons (Fsp3) is 0.286. The lowest BCUT2D eigenvalue weighted by molar-refractivity contribution is -0.120. The van der Waals surface area contributed by atoms with Crippen LogP contribution in [0.3, 0.4) is 0 Å². The third kappa shape index (κ3) is 3.06. The number of hydrogen-bond donors (Lipinski definition) is 1. The lowest BCUT2D eigenvalue weighted by Crippen LogP contribution is -2.40. The van der Waals surface area contributed by atoms with E-state index in [0.717, 1.165) is 15.6 Å². The van der Waals surface area contributed by atoms with E-state index < -0.39 is 17.1 Å². The maximum atomic E-state index is 12.8. The molecular formula is C21H19BrN2O2. The van der Waals surface area contributed by atoms with Gasteiger partial charge in [-0.2, -0.15) is 5.26 Å². The zero-order valence-corrected chi connectivity index (χ0v) is 16.5. The summed E-state index contributed by atoms with van der Waals surface area (Å²) >= 11 is 3.33. The highest BCUT2D eigenvalue weighted by molar-refractivity contribution is 9.10. The first-order chi connectivity index (χ1) is 12.2. The molecule has 132 valence electrons. The maximum absolute atomic E-state index is 12.8. The molecule has 0 saturated carbocycles. The normalized spacial score (nSPS) is 19.0. The Balaban J connectivity index is 1.87. The van der Waals surface area contributed by atoms with Crippen LogP contribution in [0.1, 0.15) is 42.3 Å². The fourth-order valence-corrected chi connectivity index (χ4v) is 3.49. The molecule has 1 aliphatic rings. The number of hydrogen-bond acceptors (Lipinski definition) is 3. The van der Waals surface area contributed by atoms with Crippen molar-refractivity contribution in [1.82, 2.24) is 0 Å². The van der Waals surface area contributed by atoms with Crippen LogP contribution < -0.4 is 5.32 Å². The van der Waals surface area contributed by atoms with E-state index in [-0.39, 0.29) is 11.8 Å². The smallest absolute Gasteiger partial charge is 0.253 e. The van der Waals surface area contributed by atoms with Gasteiger partial charge in [-0.15, -0.1) is 0 Å². The van der Waals surface area contributed by atoms with Gasteiger partial charge in [-0.1, -0.05) is 54.9 Å². The molecule has 3 rings (SSSR count). The van der Waals surface area contributed by atoms with Crippen LogP contribution in [0.5, 0.6) is 0 Å². The number of nitriles is 1. The van der Waals surface area contributed by atoms with Gasteiger partial charge in [-0.3, -0.25) is 9.59 Å². The van der Waals surface area contributed by atoms with Crippen LogP contribution in [0.4, 0.5) is 5.69 Å². The van der Waals surface area contributed by atoms with E-state index in [0.29, 0.717) is 11.3 Å². The molecule has 1 aliphatic carbocycles. The average Bonchev–Trinajstić information content (AvgIpc) is 2.88. The van der Waals surface area contributed by atoms with Crippen LogP contribution in [0.2, 0.25) is 0 Å². The van der Waals surface area contributed by atoms with Crippen molar-refractivity contribution in [3.05, 3.63) is 63.6 Å². The molecular weight excluding hydrogens is 392 g/mol. The first-order valence-corrected chi connectivity index (χ1v) is 9.13. The number of nitrogens with zero attached hydrogens (tertiary/aromatic N) is 1. The van der Waals surface area contributed by atoms with Crippen molar-refractivity contribution in [3.8, 4) is 6.07 Å². The van der Waals surface area contributed by atoms with Gasteiger partial charge in [0.15, 0.2) is 5.78 Å². The summed E-state index contributed by atoms with van der Waals surface area (Å²) in [6.45, 7) is 6.33. The predicted molar refractivity (Wildman–Crippen MR) is 104 cm³/mol. The summed E-state index contributed by atoms with van der Waals surface area (Å²) in [5, 5.41) is 12.4. The molecule has 5 heteroatoms. The largest absolute Gasteiger partial charge is 0.324 e. The molecule has 0 spiro atoms. The summed E-state index contributed by atoms with van der Waals surface area (Å²) in [6.07, 6.45) is 0.0941. The minimum absolute atomic E-state index is 0.00681. The van der Waals surface area contributed by atoms with Crippen molar-refractivity contribution in [2.45, 2.75) is 32.6 Å². The summed E-state index contributed by atoms with van der Waals surface area (Å²) in [5.74, 6) is -1.03. The Bertz CT molecular complexity index is 936. The second-order valence-corrected chi connectivity index (χ2v) is 8.52. The maximum Gasteiger partial charge on any atom is 0.253 e. The summed E-state index contributed by atoms with van der Waals surface area (Å²) < 4.78 is 0.747. The van der Waals surface area contributed by atoms with Gasteiger partial charge in [0.2, 0.25) is 5.41 Å². The number of amides is 1. The monoisotopic (exact) mass is 410 g/mol. The molecule has 1 atom stereocenters. The van der Waals surface area contributed by atoms with Gasteiger partial charge in [0.1, 0.15) is 0 Å². The molecule has 0 aliphatic heterocycles. The molecule has 0 unspecified atom stereocenters. The second-order valence-electron chi connectivity index (χ2n) is 7.61. The van der Waals surface area contributed by atoms with Crippen LogP contribution in [0, 0.1) is 16.7 Å². The number of nitrogens with one attached hydrogen (secondary N) is 1. The molecule has 2 aromatic rings. The molecule has 4 nitrogen and oxygen atoms in total. The van der Waals surface area contributed by atoms with Gasteiger partial charge in [0.25, 0.3) is 5.91 Å². The molecule has 0 fully saturated rings. The second kappa shape index (κ2) is 6.37. The number of fused-ring (bicyclic) bond motifs is 1. The number of Topliss-reactive ketones (excluding diaryl/α,β-unsaturated/α-hetero) is 1. The van der Waals surface area contributed by atoms with Crippen molar-refractivity contribution in [1.29, 1.82) is 5.26 Å². The molecule has 0 heterocycles.